The van der Waals surface area contributed by atoms with Crippen LogP contribution < -0.4 is 0 Å². The average Bonchev–Trinajstić information content (AvgIpc) is 2.96. The number of Topliss-reactive ketones (excluding diaryl/α,β-unsaturated/α-hetero) is 1. The van der Waals surface area contributed by atoms with Gasteiger partial charge in [-0.05, 0) is 47.5 Å². The van der Waals surface area contributed by atoms with Crippen LogP contribution in [0.25, 0.3) is 11.0 Å². The van der Waals surface area contributed by atoms with Crippen LogP contribution in [-0.2, 0) is 6.42 Å². The molecule has 0 aliphatic rings. The minimum Gasteiger partial charge on any atom is -0.453 e. The molecule has 0 N–H and O–H groups in total. The van der Waals surface area contributed by atoms with E-state index in [1.807, 2.05) is 48.0 Å². The Labute approximate surface area is 109 Å². The molecule has 0 saturated heterocycles. The topological polar surface area (TPSA) is 30.2 Å². The van der Waals surface area contributed by atoms with Gasteiger partial charge in [0.25, 0.3) is 0 Å². The number of benzene rings is 1. The van der Waals surface area contributed by atoms with Gasteiger partial charge in [-0.25, -0.2) is 0 Å². The summed E-state index contributed by atoms with van der Waals surface area (Å²) in [5, 5.41) is 4.96. The largest absolute Gasteiger partial charge is 0.453 e. The zero-order chi connectivity index (χ0) is 12.5. The second kappa shape index (κ2) is 4.42. The summed E-state index contributed by atoms with van der Waals surface area (Å²) in [6, 6.07) is 9.72. The molecule has 0 bridgehead atoms. The van der Waals surface area contributed by atoms with E-state index in [1.54, 1.807) is 11.3 Å². The lowest BCUT2D eigenvalue weighted by molar-refractivity contribution is 0.0968. The first kappa shape index (κ1) is 11.2. The standard InChI is InChI=1S/C15H12O2S/c1-10-2-3-14-12(6-10)8-15(17-14)13(16)7-11-4-5-18-9-11/h2-6,8-9H,7H2,1H3. The monoisotopic (exact) mass is 256 g/mol. The fraction of sp³-hybridized carbons (Fsp3) is 0.133. The lowest BCUT2D eigenvalue weighted by Crippen LogP contribution is -2.00. The number of rotatable bonds is 3. The Morgan fingerprint density at radius 1 is 1.28 bits per heavy atom. The molecule has 1 aromatic carbocycles. The SMILES string of the molecule is Cc1ccc2oc(C(=O)Cc3ccsc3)cc2c1. The minimum absolute atomic E-state index is 0.0299. The van der Waals surface area contributed by atoms with Crippen LogP contribution in [0.4, 0.5) is 0 Å². The van der Waals surface area contributed by atoms with Gasteiger partial charge in [0.1, 0.15) is 5.58 Å². The van der Waals surface area contributed by atoms with E-state index < -0.39 is 0 Å². The number of carbonyl (C=O) groups is 1. The Kier molecular flexibility index (Phi) is 2.76. The molecule has 0 amide bonds. The molecule has 2 nitrogen and oxygen atoms in total. The van der Waals surface area contributed by atoms with Crippen LogP contribution in [0.15, 0.2) is 45.5 Å². The lowest BCUT2D eigenvalue weighted by Gasteiger charge is -1.93. The Morgan fingerprint density at radius 2 is 2.17 bits per heavy atom. The zero-order valence-corrected chi connectivity index (χ0v) is 10.8. The maximum atomic E-state index is 12.1. The molecule has 0 unspecified atom stereocenters. The van der Waals surface area contributed by atoms with E-state index in [0.717, 1.165) is 16.5 Å². The number of carbonyl (C=O) groups excluding carboxylic acids is 1. The molecule has 0 aliphatic carbocycles. The number of fused-ring (bicyclic) bond motifs is 1. The van der Waals surface area contributed by atoms with Crippen molar-refractivity contribution in [2.24, 2.45) is 0 Å². The molecular weight excluding hydrogens is 244 g/mol. The summed E-state index contributed by atoms with van der Waals surface area (Å²) in [6.07, 6.45) is 0.405. The number of furan rings is 1. The second-order valence-electron chi connectivity index (χ2n) is 4.38. The highest BCUT2D eigenvalue weighted by atomic mass is 32.1. The smallest absolute Gasteiger partial charge is 0.202 e. The highest BCUT2D eigenvalue weighted by molar-refractivity contribution is 7.08. The van der Waals surface area contributed by atoms with E-state index in [9.17, 15) is 4.79 Å². The van der Waals surface area contributed by atoms with E-state index in [-0.39, 0.29) is 5.78 Å². The van der Waals surface area contributed by atoms with Crippen LogP contribution in [0, 0.1) is 6.92 Å². The van der Waals surface area contributed by atoms with Crippen molar-refractivity contribution in [3.8, 4) is 0 Å². The molecule has 0 saturated carbocycles. The molecule has 0 aliphatic heterocycles. The molecule has 2 heterocycles. The van der Waals surface area contributed by atoms with E-state index in [2.05, 4.69) is 0 Å². The molecule has 90 valence electrons. The zero-order valence-electron chi connectivity index (χ0n) is 9.97. The fourth-order valence-corrected chi connectivity index (χ4v) is 2.63. The molecule has 18 heavy (non-hydrogen) atoms. The Hall–Kier alpha value is -1.87. The molecule has 2 aromatic heterocycles. The third-order valence-electron chi connectivity index (χ3n) is 2.89. The molecule has 0 radical (unpaired) electrons. The first-order valence-corrected chi connectivity index (χ1v) is 6.71. The fourth-order valence-electron chi connectivity index (χ4n) is 1.97. The highest BCUT2D eigenvalue weighted by Gasteiger charge is 2.13. The van der Waals surface area contributed by atoms with Gasteiger partial charge in [0.2, 0.25) is 5.78 Å². The third kappa shape index (κ3) is 2.09. The number of aryl methyl sites for hydroxylation is 1. The maximum absolute atomic E-state index is 12.1. The van der Waals surface area contributed by atoms with E-state index >= 15 is 0 Å². The summed E-state index contributed by atoms with van der Waals surface area (Å²) in [5.41, 5.74) is 2.98. The van der Waals surface area contributed by atoms with Crippen molar-refractivity contribution in [2.75, 3.05) is 0 Å². The van der Waals surface area contributed by atoms with Crippen molar-refractivity contribution in [2.45, 2.75) is 13.3 Å². The lowest BCUT2D eigenvalue weighted by atomic mass is 10.1. The molecular formula is C15H12O2S. The Morgan fingerprint density at radius 3 is 2.94 bits per heavy atom. The predicted octanol–water partition coefficient (Wildman–Crippen LogP) is 4.23. The van der Waals surface area contributed by atoms with Crippen LogP contribution >= 0.6 is 11.3 Å². The summed E-state index contributed by atoms with van der Waals surface area (Å²) in [7, 11) is 0. The van der Waals surface area contributed by atoms with Crippen molar-refractivity contribution in [1.82, 2.24) is 0 Å². The first-order chi connectivity index (χ1) is 8.72. The van der Waals surface area contributed by atoms with E-state index in [1.165, 1.54) is 5.56 Å². The quantitative estimate of drug-likeness (QED) is 0.656. The van der Waals surface area contributed by atoms with Crippen LogP contribution in [0.5, 0.6) is 0 Å². The molecule has 0 fully saturated rings. The number of hydrogen-bond donors (Lipinski definition) is 0. The van der Waals surface area contributed by atoms with Gasteiger partial charge in [-0.15, -0.1) is 0 Å². The summed E-state index contributed by atoms with van der Waals surface area (Å²) in [6.45, 7) is 2.03. The molecule has 3 rings (SSSR count). The van der Waals surface area contributed by atoms with Crippen LogP contribution in [-0.4, -0.2) is 5.78 Å². The van der Waals surface area contributed by atoms with Gasteiger partial charge >= 0.3 is 0 Å². The van der Waals surface area contributed by atoms with E-state index in [4.69, 9.17) is 4.42 Å². The van der Waals surface area contributed by atoms with Gasteiger partial charge in [0.15, 0.2) is 5.76 Å². The normalized spacial score (nSPS) is 10.9. The molecule has 0 spiro atoms. The average molecular weight is 256 g/mol. The van der Waals surface area contributed by atoms with E-state index in [0.29, 0.717) is 12.2 Å². The van der Waals surface area contributed by atoms with Crippen molar-refractivity contribution < 1.29 is 9.21 Å². The first-order valence-electron chi connectivity index (χ1n) is 5.77. The summed E-state index contributed by atoms with van der Waals surface area (Å²) >= 11 is 1.60. The van der Waals surface area contributed by atoms with Crippen molar-refractivity contribution in [3.05, 3.63) is 58.0 Å². The predicted molar refractivity (Wildman–Crippen MR) is 73.3 cm³/mol. The molecule has 3 aromatic rings. The van der Waals surface area contributed by atoms with Crippen LogP contribution in [0.2, 0.25) is 0 Å². The van der Waals surface area contributed by atoms with Gasteiger partial charge in [-0.3, -0.25) is 4.79 Å². The van der Waals surface area contributed by atoms with Crippen LogP contribution in [0.3, 0.4) is 0 Å². The molecule has 3 heteroatoms. The highest BCUT2D eigenvalue weighted by Crippen LogP contribution is 2.22. The van der Waals surface area contributed by atoms with Crippen LogP contribution in [0.1, 0.15) is 21.7 Å². The minimum atomic E-state index is 0.0299. The summed E-state index contributed by atoms with van der Waals surface area (Å²) in [4.78, 5) is 12.1. The van der Waals surface area contributed by atoms with Gasteiger partial charge in [0, 0.05) is 11.8 Å². The maximum Gasteiger partial charge on any atom is 0.202 e. The number of thiophene rings is 1. The van der Waals surface area contributed by atoms with Gasteiger partial charge in [-0.2, -0.15) is 11.3 Å². The second-order valence-corrected chi connectivity index (χ2v) is 5.16. The van der Waals surface area contributed by atoms with Crippen molar-refractivity contribution in [3.63, 3.8) is 0 Å². The Bertz CT molecular complexity index is 692. The summed E-state index contributed by atoms with van der Waals surface area (Å²) < 4.78 is 5.59. The van der Waals surface area contributed by atoms with Gasteiger partial charge in [-0.1, -0.05) is 11.6 Å². The van der Waals surface area contributed by atoms with Crippen molar-refractivity contribution >= 4 is 28.1 Å². The van der Waals surface area contributed by atoms with Crippen molar-refractivity contribution in [1.29, 1.82) is 0 Å². The number of hydrogen-bond acceptors (Lipinski definition) is 3. The summed E-state index contributed by atoms with van der Waals surface area (Å²) in [5.74, 6) is 0.476. The van der Waals surface area contributed by atoms with Gasteiger partial charge in [0.05, 0.1) is 0 Å². The molecule has 0 atom stereocenters. The number of ketones is 1. The third-order valence-corrected chi connectivity index (χ3v) is 3.62. The van der Waals surface area contributed by atoms with Gasteiger partial charge < -0.3 is 4.42 Å². The Balaban J connectivity index is 1.92.